The Morgan fingerprint density at radius 1 is 1.14 bits per heavy atom. The van der Waals surface area contributed by atoms with E-state index in [2.05, 4.69) is 0 Å². The van der Waals surface area contributed by atoms with E-state index in [1.807, 2.05) is 83.9 Å². The smallest absolute Gasteiger partial charge is 0.264 e. The van der Waals surface area contributed by atoms with Crippen LogP contribution >= 0.6 is 11.3 Å². The Balaban J connectivity index is 1.54. The van der Waals surface area contributed by atoms with E-state index in [0.717, 1.165) is 36.4 Å². The third-order valence-corrected chi connectivity index (χ3v) is 7.07. The number of carbonyl (C=O) groups excluding carboxylic acids is 1. The number of para-hydroxylation sites is 1. The van der Waals surface area contributed by atoms with Crippen molar-refractivity contribution in [2.24, 2.45) is 0 Å². The molecule has 0 spiro atoms. The van der Waals surface area contributed by atoms with Gasteiger partial charge in [-0.15, -0.1) is 11.3 Å². The summed E-state index contributed by atoms with van der Waals surface area (Å²) in [4.78, 5) is 16.1. The fraction of sp³-hybridized carbons (Fsp3) is 0.286. The number of aromatic nitrogens is 2. The zero-order chi connectivity index (χ0) is 24.9. The molecule has 7 nitrogen and oxygen atoms in total. The average Bonchev–Trinajstić information content (AvgIpc) is 3.68. The van der Waals surface area contributed by atoms with Gasteiger partial charge in [0.25, 0.3) is 5.91 Å². The van der Waals surface area contributed by atoms with Gasteiger partial charge >= 0.3 is 0 Å². The van der Waals surface area contributed by atoms with Gasteiger partial charge in [0.05, 0.1) is 41.6 Å². The molecule has 2 aromatic carbocycles. The summed E-state index contributed by atoms with van der Waals surface area (Å²) < 4.78 is 19.5. The molecule has 1 aliphatic rings. The fourth-order valence-electron chi connectivity index (χ4n) is 4.35. The van der Waals surface area contributed by atoms with Crippen molar-refractivity contribution in [2.45, 2.75) is 32.4 Å². The van der Waals surface area contributed by atoms with Crippen LogP contribution < -0.4 is 9.47 Å². The van der Waals surface area contributed by atoms with E-state index in [1.165, 1.54) is 11.3 Å². The predicted molar refractivity (Wildman–Crippen MR) is 139 cm³/mol. The molecule has 2 aromatic heterocycles. The van der Waals surface area contributed by atoms with Gasteiger partial charge in [0, 0.05) is 19.2 Å². The van der Waals surface area contributed by atoms with Crippen LogP contribution in [0.15, 0.2) is 72.1 Å². The molecule has 1 saturated heterocycles. The molecule has 1 unspecified atom stereocenters. The van der Waals surface area contributed by atoms with Crippen molar-refractivity contribution in [1.82, 2.24) is 14.7 Å². The first-order valence-electron chi connectivity index (χ1n) is 12.0. The number of benzene rings is 2. The molecule has 1 aliphatic heterocycles. The second-order valence-corrected chi connectivity index (χ2v) is 9.64. The second kappa shape index (κ2) is 11.0. The van der Waals surface area contributed by atoms with Crippen LogP contribution in [0, 0.1) is 6.92 Å². The lowest BCUT2D eigenvalue weighted by Crippen LogP contribution is -2.36. The lowest BCUT2D eigenvalue weighted by molar-refractivity contribution is 0.0509. The highest BCUT2D eigenvalue weighted by Gasteiger charge is 2.28. The highest BCUT2D eigenvalue weighted by molar-refractivity contribution is 7.12. The van der Waals surface area contributed by atoms with Crippen LogP contribution in [0.3, 0.4) is 0 Å². The first-order chi connectivity index (χ1) is 17.6. The summed E-state index contributed by atoms with van der Waals surface area (Å²) >= 11 is 1.45. The first kappa shape index (κ1) is 24.1. The number of thiophene rings is 1. The van der Waals surface area contributed by atoms with Crippen LogP contribution in [0.4, 0.5) is 0 Å². The van der Waals surface area contributed by atoms with Gasteiger partial charge in [0.2, 0.25) is 5.88 Å². The number of hydrogen-bond acceptors (Lipinski definition) is 6. The van der Waals surface area contributed by atoms with E-state index in [-0.39, 0.29) is 12.0 Å². The quantitative estimate of drug-likeness (QED) is 0.286. The summed E-state index contributed by atoms with van der Waals surface area (Å²) in [7, 11) is 1.63. The summed E-state index contributed by atoms with van der Waals surface area (Å²) in [6.07, 6.45) is 1.99. The van der Waals surface area contributed by atoms with Crippen molar-refractivity contribution in [3.8, 4) is 23.1 Å². The summed E-state index contributed by atoms with van der Waals surface area (Å²) in [6.45, 7) is 3.56. The molecule has 4 aromatic rings. The molecule has 1 atom stereocenters. The topological polar surface area (TPSA) is 65.8 Å². The van der Waals surface area contributed by atoms with Crippen molar-refractivity contribution in [1.29, 1.82) is 0 Å². The number of rotatable bonds is 9. The highest BCUT2D eigenvalue weighted by atomic mass is 32.1. The lowest BCUT2D eigenvalue weighted by atomic mass is 10.2. The monoisotopic (exact) mass is 503 g/mol. The van der Waals surface area contributed by atoms with E-state index >= 15 is 0 Å². The van der Waals surface area contributed by atoms with Gasteiger partial charge in [-0.05, 0) is 55.5 Å². The van der Waals surface area contributed by atoms with Crippen LogP contribution in [-0.4, -0.2) is 47.0 Å². The first-order valence-corrected chi connectivity index (χ1v) is 12.9. The number of hydrogen-bond donors (Lipinski definition) is 0. The number of ether oxygens (including phenoxy) is 3. The Morgan fingerprint density at radius 2 is 1.97 bits per heavy atom. The van der Waals surface area contributed by atoms with Gasteiger partial charge in [-0.1, -0.05) is 30.3 Å². The van der Waals surface area contributed by atoms with Crippen molar-refractivity contribution in [2.75, 3.05) is 20.3 Å². The van der Waals surface area contributed by atoms with Gasteiger partial charge in [0.1, 0.15) is 11.5 Å². The molecule has 0 aliphatic carbocycles. The average molecular weight is 504 g/mol. The zero-order valence-corrected chi connectivity index (χ0v) is 21.2. The van der Waals surface area contributed by atoms with Crippen molar-refractivity contribution in [3.05, 3.63) is 88.2 Å². The third-order valence-electron chi connectivity index (χ3n) is 6.21. The lowest BCUT2D eigenvalue weighted by Gasteiger charge is -2.25. The van der Waals surface area contributed by atoms with E-state index < -0.39 is 0 Å². The standard InChI is InChI=1S/C28H29N3O4S/c1-20-25(19-30(18-24-13-7-15-34-24)27(32)26-14-8-16-36-26)28(31(29-20)21-9-4-3-5-10-21)35-23-12-6-11-22(17-23)33-2/h3-6,8-12,14,16-17,24H,7,13,15,18-19H2,1-2H3. The minimum atomic E-state index is -0.0142. The van der Waals surface area contributed by atoms with Crippen LogP contribution in [0.1, 0.15) is 33.8 Å². The molecule has 0 N–H and O–H groups in total. The molecule has 0 bridgehead atoms. The van der Waals surface area contributed by atoms with Crippen LogP contribution in [0.2, 0.25) is 0 Å². The van der Waals surface area contributed by atoms with Crippen molar-refractivity contribution >= 4 is 17.2 Å². The SMILES string of the molecule is COc1cccc(Oc2c(CN(CC3CCCO3)C(=O)c3cccs3)c(C)nn2-c2ccccc2)c1. The number of methoxy groups -OCH3 is 1. The summed E-state index contributed by atoms with van der Waals surface area (Å²) in [5.74, 6) is 1.88. The maximum Gasteiger partial charge on any atom is 0.264 e. The maximum absolute atomic E-state index is 13.5. The van der Waals surface area contributed by atoms with Crippen molar-refractivity contribution in [3.63, 3.8) is 0 Å². The third kappa shape index (κ3) is 5.29. The van der Waals surface area contributed by atoms with E-state index in [4.69, 9.17) is 19.3 Å². The summed E-state index contributed by atoms with van der Waals surface area (Å²) in [5, 5.41) is 6.74. The molecule has 1 amide bonds. The van der Waals surface area contributed by atoms with Crippen molar-refractivity contribution < 1.29 is 19.0 Å². The van der Waals surface area contributed by atoms with Gasteiger partial charge in [-0.2, -0.15) is 5.10 Å². The van der Waals surface area contributed by atoms with Crippen LogP contribution in [0.5, 0.6) is 17.4 Å². The molecule has 3 heterocycles. The number of aryl methyl sites for hydroxylation is 1. The molecule has 0 saturated carbocycles. The second-order valence-electron chi connectivity index (χ2n) is 8.70. The largest absolute Gasteiger partial charge is 0.497 e. The zero-order valence-electron chi connectivity index (χ0n) is 20.4. The summed E-state index contributed by atoms with van der Waals surface area (Å²) in [6, 6.07) is 21.1. The molecule has 186 valence electrons. The van der Waals surface area contributed by atoms with Gasteiger partial charge in [-0.25, -0.2) is 4.68 Å². The molecular weight excluding hydrogens is 474 g/mol. The van der Waals surface area contributed by atoms with E-state index in [9.17, 15) is 4.79 Å². The number of nitrogens with zero attached hydrogens (tertiary/aromatic N) is 3. The molecule has 36 heavy (non-hydrogen) atoms. The van der Waals surface area contributed by atoms with Crippen LogP contribution in [0.25, 0.3) is 5.69 Å². The van der Waals surface area contributed by atoms with E-state index in [0.29, 0.717) is 35.3 Å². The van der Waals surface area contributed by atoms with Gasteiger partial charge in [0.15, 0.2) is 0 Å². The minimum Gasteiger partial charge on any atom is -0.497 e. The van der Waals surface area contributed by atoms with E-state index in [1.54, 1.807) is 11.8 Å². The fourth-order valence-corrected chi connectivity index (χ4v) is 5.04. The molecule has 8 heteroatoms. The Labute approximate surface area is 214 Å². The molecular formula is C28H29N3O4S. The molecule has 1 fully saturated rings. The minimum absolute atomic E-state index is 0.0142. The van der Waals surface area contributed by atoms with Gasteiger partial charge in [-0.3, -0.25) is 4.79 Å². The van der Waals surface area contributed by atoms with Gasteiger partial charge < -0.3 is 19.1 Å². The predicted octanol–water partition coefficient (Wildman–Crippen LogP) is 5.86. The molecule has 0 radical (unpaired) electrons. The Bertz CT molecular complexity index is 1300. The summed E-state index contributed by atoms with van der Waals surface area (Å²) in [5.41, 5.74) is 2.53. The molecule has 5 rings (SSSR count). The Hall–Kier alpha value is -3.62. The Morgan fingerprint density at radius 3 is 2.69 bits per heavy atom. The van der Waals surface area contributed by atoms with Crippen LogP contribution in [-0.2, 0) is 11.3 Å². The Kier molecular flexibility index (Phi) is 7.34. The number of carbonyl (C=O) groups is 1. The highest BCUT2D eigenvalue weighted by Crippen LogP contribution is 2.33. The normalized spacial score (nSPS) is 15.1. The maximum atomic E-state index is 13.5. The number of amides is 1.